The number of rotatable bonds is 2. The van der Waals surface area contributed by atoms with Gasteiger partial charge in [0.1, 0.15) is 5.52 Å². The molecule has 2 aromatic rings. The molecule has 1 heterocycles. The van der Waals surface area contributed by atoms with Crippen molar-refractivity contribution in [2.75, 3.05) is 6.61 Å². The summed E-state index contributed by atoms with van der Waals surface area (Å²) in [5, 5.41) is 12.4. The molecule has 1 N–H and O–H groups in total. The molecule has 0 fully saturated rings. The molecular formula is C11H8Cl2N2O4. The number of aromatic nitrogens is 2. The average molecular weight is 303 g/mol. The molecule has 0 atom stereocenters. The molecule has 1 aromatic heterocycles. The predicted molar refractivity (Wildman–Crippen MR) is 69.5 cm³/mol. The maximum Gasteiger partial charge on any atom is 0.411 e. The van der Waals surface area contributed by atoms with Gasteiger partial charge in [-0.25, -0.2) is 4.79 Å². The van der Waals surface area contributed by atoms with Crippen molar-refractivity contribution in [2.45, 2.75) is 6.92 Å². The fourth-order valence-corrected chi connectivity index (χ4v) is 2.13. The first-order chi connectivity index (χ1) is 8.95. The van der Waals surface area contributed by atoms with Crippen LogP contribution in [-0.2, 0) is 4.74 Å². The van der Waals surface area contributed by atoms with Gasteiger partial charge in [-0.2, -0.15) is 4.73 Å². The van der Waals surface area contributed by atoms with Crippen molar-refractivity contribution in [1.29, 1.82) is 0 Å². The van der Waals surface area contributed by atoms with Crippen molar-refractivity contribution in [2.24, 2.45) is 0 Å². The van der Waals surface area contributed by atoms with E-state index < -0.39 is 17.2 Å². The van der Waals surface area contributed by atoms with Gasteiger partial charge in [-0.05, 0) is 13.0 Å². The predicted octanol–water partition coefficient (Wildman–Crippen LogP) is 1.64. The van der Waals surface area contributed by atoms with Crippen molar-refractivity contribution in [3.05, 3.63) is 43.4 Å². The lowest BCUT2D eigenvalue weighted by atomic mass is 10.3. The number of nitrogens with zero attached hydrogens (tertiary/aromatic N) is 1. The molecule has 0 amide bonds. The van der Waals surface area contributed by atoms with Gasteiger partial charge in [-0.15, -0.1) is 0 Å². The standard InChI is InChI=1S/C11H8Cl2N2O4/c1-2-19-11(17)9-10(16)14-8-6(13)3-5(12)4-7(8)15(9)18/h3-4H,2H2,1H3,(H,14,16). The van der Waals surface area contributed by atoms with Gasteiger partial charge in [0, 0.05) is 11.1 Å². The van der Waals surface area contributed by atoms with E-state index >= 15 is 0 Å². The third-order valence-corrected chi connectivity index (χ3v) is 2.89. The molecular weight excluding hydrogens is 295 g/mol. The normalized spacial score (nSPS) is 10.7. The highest BCUT2D eigenvalue weighted by atomic mass is 35.5. The molecule has 0 aliphatic heterocycles. The molecule has 0 saturated heterocycles. The fourth-order valence-electron chi connectivity index (χ4n) is 1.60. The van der Waals surface area contributed by atoms with Crippen molar-refractivity contribution in [1.82, 2.24) is 4.98 Å². The maximum atomic E-state index is 12.0. The molecule has 6 nitrogen and oxygen atoms in total. The van der Waals surface area contributed by atoms with Gasteiger partial charge in [0.25, 0.3) is 0 Å². The molecule has 0 saturated carbocycles. The van der Waals surface area contributed by atoms with E-state index in [0.29, 0.717) is 0 Å². The Morgan fingerprint density at radius 2 is 2.16 bits per heavy atom. The smallest absolute Gasteiger partial charge is 0.411 e. The second kappa shape index (κ2) is 5.07. The molecule has 0 unspecified atom stereocenters. The molecule has 0 aliphatic rings. The number of nitrogens with one attached hydrogen (secondary N) is 1. The number of aromatic amines is 1. The van der Waals surface area contributed by atoms with E-state index in [1.54, 1.807) is 6.92 Å². The molecule has 2 rings (SSSR count). The van der Waals surface area contributed by atoms with Gasteiger partial charge in [0.2, 0.25) is 5.52 Å². The van der Waals surface area contributed by atoms with Crippen LogP contribution in [0.1, 0.15) is 17.4 Å². The monoisotopic (exact) mass is 302 g/mol. The molecule has 0 radical (unpaired) electrons. The summed E-state index contributed by atoms with van der Waals surface area (Å²) in [4.78, 5) is 25.7. The number of hydrogen-bond donors (Lipinski definition) is 1. The molecule has 0 spiro atoms. The number of esters is 1. The van der Waals surface area contributed by atoms with Crippen molar-refractivity contribution < 1.29 is 14.3 Å². The van der Waals surface area contributed by atoms with E-state index in [2.05, 4.69) is 9.72 Å². The zero-order valence-electron chi connectivity index (χ0n) is 9.70. The Morgan fingerprint density at radius 1 is 1.47 bits per heavy atom. The number of halogens is 2. The lowest BCUT2D eigenvalue weighted by Crippen LogP contribution is -2.43. The first-order valence-corrected chi connectivity index (χ1v) is 6.03. The Balaban J connectivity index is 2.82. The van der Waals surface area contributed by atoms with Crippen LogP contribution in [0.3, 0.4) is 0 Å². The number of carbonyl (C=O) groups excluding carboxylic acids is 1. The van der Waals surface area contributed by atoms with Crippen molar-refractivity contribution in [3.63, 3.8) is 0 Å². The number of carbonyl (C=O) groups is 1. The molecule has 100 valence electrons. The van der Waals surface area contributed by atoms with Crippen molar-refractivity contribution in [3.8, 4) is 0 Å². The summed E-state index contributed by atoms with van der Waals surface area (Å²) in [6.07, 6.45) is 0. The molecule has 8 heteroatoms. The number of H-pyrrole nitrogens is 1. The largest absolute Gasteiger partial charge is 0.617 e. The van der Waals surface area contributed by atoms with Gasteiger partial charge in [0.05, 0.1) is 11.6 Å². The quantitative estimate of drug-likeness (QED) is 0.519. The Morgan fingerprint density at radius 3 is 2.79 bits per heavy atom. The molecule has 19 heavy (non-hydrogen) atoms. The van der Waals surface area contributed by atoms with Crippen LogP contribution >= 0.6 is 23.2 Å². The summed E-state index contributed by atoms with van der Waals surface area (Å²) in [6, 6.07) is 2.68. The summed E-state index contributed by atoms with van der Waals surface area (Å²) in [5.41, 5.74) is -1.43. The summed E-state index contributed by atoms with van der Waals surface area (Å²) in [6.45, 7) is 1.61. The minimum Gasteiger partial charge on any atom is -0.617 e. The molecule has 0 aliphatic carbocycles. The summed E-state index contributed by atoms with van der Waals surface area (Å²) in [5.74, 6) is -1.00. The third kappa shape index (κ3) is 2.36. The van der Waals surface area contributed by atoms with Crippen LogP contribution in [0.2, 0.25) is 10.0 Å². The van der Waals surface area contributed by atoms with E-state index in [0.717, 1.165) is 0 Å². The maximum absolute atomic E-state index is 12.0. The molecule has 0 bridgehead atoms. The van der Waals surface area contributed by atoms with E-state index in [4.69, 9.17) is 23.2 Å². The topological polar surface area (TPSA) is 86.1 Å². The van der Waals surface area contributed by atoms with Crippen LogP contribution in [-0.4, -0.2) is 17.6 Å². The summed E-state index contributed by atoms with van der Waals surface area (Å²) < 4.78 is 4.82. The summed E-state index contributed by atoms with van der Waals surface area (Å²) in [7, 11) is 0. The van der Waals surface area contributed by atoms with Crippen LogP contribution in [0.5, 0.6) is 0 Å². The first kappa shape index (κ1) is 13.6. The van der Waals surface area contributed by atoms with E-state index in [-0.39, 0.29) is 32.4 Å². The third-order valence-electron chi connectivity index (χ3n) is 2.38. The van der Waals surface area contributed by atoms with Crippen molar-refractivity contribution >= 4 is 40.2 Å². The number of benzene rings is 1. The number of ether oxygens (including phenoxy) is 1. The van der Waals surface area contributed by atoms with E-state index in [1.807, 2.05) is 0 Å². The highest BCUT2D eigenvalue weighted by Crippen LogP contribution is 2.23. The van der Waals surface area contributed by atoms with Gasteiger partial charge in [-0.1, -0.05) is 23.2 Å². The Kier molecular flexibility index (Phi) is 3.64. The van der Waals surface area contributed by atoms with Crippen LogP contribution in [0.15, 0.2) is 16.9 Å². The lowest BCUT2D eigenvalue weighted by molar-refractivity contribution is -0.581. The highest BCUT2D eigenvalue weighted by molar-refractivity contribution is 6.38. The minimum absolute atomic E-state index is 0.0137. The molecule has 1 aromatic carbocycles. The van der Waals surface area contributed by atoms with Gasteiger partial charge in [-0.3, -0.25) is 4.79 Å². The van der Waals surface area contributed by atoms with E-state index in [9.17, 15) is 14.8 Å². The second-order valence-electron chi connectivity index (χ2n) is 3.60. The van der Waals surface area contributed by atoms with Crippen LogP contribution in [0.25, 0.3) is 11.0 Å². The Hall–Kier alpha value is -1.79. The SMILES string of the molecule is CCOC(=O)c1c(=O)[nH]c2c(Cl)cc(Cl)cc2[n+]1[O-]. The van der Waals surface area contributed by atoms with Crippen LogP contribution in [0, 0.1) is 5.21 Å². The lowest BCUT2D eigenvalue weighted by Gasteiger charge is -2.07. The first-order valence-electron chi connectivity index (χ1n) is 5.27. The Labute approximate surface area is 117 Å². The minimum atomic E-state index is -1.00. The Bertz CT molecular complexity index is 727. The number of fused-ring (bicyclic) bond motifs is 1. The number of hydrogen-bond acceptors (Lipinski definition) is 4. The highest BCUT2D eigenvalue weighted by Gasteiger charge is 2.26. The second-order valence-corrected chi connectivity index (χ2v) is 4.44. The summed E-state index contributed by atoms with van der Waals surface area (Å²) >= 11 is 11.7. The fraction of sp³-hybridized carbons (Fsp3) is 0.182. The van der Waals surface area contributed by atoms with Gasteiger partial charge in [0.15, 0.2) is 0 Å². The average Bonchev–Trinajstić information content (AvgIpc) is 2.31. The van der Waals surface area contributed by atoms with Crippen LogP contribution in [0.4, 0.5) is 0 Å². The van der Waals surface area contributed by atoms with E-state index in [1.165, 1.54) is 12.1 Å². The zero-order chi connectivity index (χ0) is 14.2. The van der Waals surface area contributed by atoms with Gasteiger partial charge < -0.3 is 14.9 Å². The zero-order valence-corrected chi connectivity index (χ0v) is 11.2. The van der Waals surface area contributed by atoms with Gasteiger partial charge >= 0.3 is 17.2 Å². The van der Waals surface area contributed by atoms with Crippen LogP contribution < -0.4 is 10.3 Å².